The molecule has 20 heavy (non-hydrogen) atoms. The van der Waals surface area contributed by atoms with Gasteiger partial charge in [0.15, 0.2) is 0 Å². The summed E-state index contributed by atoms with van der Waals surface area (Å²) in [6.07, 6.45) is 0. The maximum Gasteiger partial charge on any atom is 0.251 e. The van der Waals surface area contributed by atoms with Crippen LogP contribution in [0.1, 0.15) is 21.5 Å². The topological polar surface area (TPSA) is 29.1 Å². The van der Waals surface area contributed by atoms with Crippen molar-refractivity contribution in [2.45, 2.75) is 11.9 Å². The van der Waals surface area contributed by atoms with Crippen LogP contribution in [-0.2, 0) is 11.9 Å². The molecule has 0 unspecified atom stereocenters. The molecule has 0 fully saturated rings. The molecule has 104 valence electrons. The summed E-state index contributed by atoms with van der Waals surface area (Å²) < 4.78 is 0. The first-order valence-electron chi connectivity index (χ1n) is 5.96. The third kappa shape index (κ3) is 4.23. The van der Waals surface area contributed by atoms with Crippen molar-refractivity contribution in [3.05, 3.63) is 69.2 Å². The monoisotopic (exact) mass is 371 g/mol. The van der Waals surface area contributed by atoms with Gasteiger partial charge in [0.2, 0.25) is 0 Å². The maximum absolute atomic E-state index is 12.0. The van der Waals surface area contributed by atoms with Crippen LogP contribution in [0.15, 0.2) is 42.5 Å². The van der Waals surface area contributed by atoms with Crippen LogP contribution < -0.4 is 5.32 Å². The van der Waals surface area contributed by atoms with Gasteiger partial charge in [0.25, 0.3) is 5.91 Å². The van der Waals surface area contributed by atoms with Gasteiger partial charge >= 0.3 is 0 Å². The fourth-order valence-corrected chi connectivity index (χ4v) is 2.62. The van der Waals surface area contributed by atoms with Gasteiger partial charge in [-0.1, -0.05) is 63.4 Å². The highest BCUT2D eigenvalue weighted by molar-refractivity contribution is 9.08. The van der Waals surface area contributed by atoms with Crippen LogP contribution in [0.25, 0.3) is 0 Å². The van der Waals surface area contributed by atoms with E-state index in [4.69, 9.17) is 23.2 Å². The first kappa shape index (κ1) is 15.4. The van der Waals surface area contributed by atoms with Crippen molar-refractivity contribution in [2.75, 3.05) is 0 Å². The molecule has 0 radical (unpaired) electrons. The number of benzene rings is 2. The van der Waals surface area contributed by atoms with E-state index in [2.05, 4.69) is 21.2 Å². The van der Waals surface area contributed by atoms with Gasteiger partial charge in [-0.3, -0.25) is 4.79 Å². The Morgan fingerprint density at radius 1 is 1.00 bits per heavy atom. The number of alkyl halides is 1. The molecule has 0 aromatic heterocycles. The molecule has 2 aromatic rings. The van der Waals surface area contributed by atoms with Gasteiger partial charge in [0.1, 0.15) is 0 Å². The molecule has 1 amide bonds. The van der Waals surface area contributed by atoms with Gasteiger partial charge in [-0.15, -0.1) is 0 Å². The fourth-order valence-electron chi connectivity index (χ4n) is 1.72. The number of rotatable bonds is 4. The van der Waals surface area contributed by atoms with Crippen molar-refractivity contribution in [3.8, 4) is 0 Å². The number of nitrogens with one attached hydrogen (secondary N) is 1. The molecule has 2 rings (SSSR count). The average Bonchev–Trinajstić information content (AvgIpc) is 2.44. The number of carbonyl (C=O) groups excluding carboxylic acids is 1. The predicted octanol–water partition coefficient (Wildman–Crippen LogP) is 4.82. The summed E-state index contributed by atoms with van der Waals surface area (Å²) in [7, 11) is 0. The Morgan fingerprint density at radius 2 is 1.55 bits per heavy atom. The summed E-state index contributed by atoms with van der Waals surface area (Å²) in [4.78, 5) is 12.0. The largest absolute Gasteiger partial charge is 0.348 e. The molecule has 2 nitrogen and oxygen atoms in total. The Labute approximate surface area is 136 Å². The zero-order valence-corrected chi connectivity index (χ0v) is 13.6. The number of hydrogen-bond donors (Lipinski definition) is 1. The van der Waals surface area contributed by atoms with E-state index in [0.717, 1.165) is 10.9 Å². The van der Waals surface area contributed by atoms with Crippen LogP contribution in [0.2, 0.25) is 10.0 Å². The van der Waals surface area contributed by atoms with Crippen LogP contribution in [-0.4, -0.2) is 5.91 Å². The minimum Gasteiger partial charge on any atom is -0.348 e. The standard InChI is InChI=1S/C15H12BrCl2NO/c16-8-10-1-3-11(4-2-10)9-19-15(20)12-5-13(17)7-14(18)6-12/h1-7H,8-9H2,(H,19,20). The molecule has 0 atom stereocenters. The molecule has 0 aliphatic heterocycles. The summed E-state index contributed by atoms with van der Waals surface area (Å²) in [6.45, 7) is 0.464. The third-order valence-electron chi connectivity index (χ3n) is 2.76. The highest BCUT2D eigenvalue weighted by Crippen LogP contribution is 2.19. The van der Waals surface area contributed by atoms with Crippen molar-refractivity contribution in [2.24, 2.45) is 0 Å². The lowest BCUT2D eigenvalue weighted by atomic mass is 10.1. The smallest absolute Gasteiger partial charge is 0.251 e. The lowest BCUT2D eigenvalue weighted by molar-refractivity contribution is 0.0951. The summed E-state index contributed by atoms with van der Waals surface area (Å²) >= 11 is 15.1. The molecule has 0 aliphatic carbocycles. The third-order valence-corrected chi connectivity index (χ3v) is 3.84. The number of carbonyl (C=O) groups is 1. The Hall–Kier alpha value is -1.03. The number of amides is 1. The number of hydrogen-bond acceptors (Lipinski definition) is 1. The lowest BCUT2D eigenvalue weighted by Crippen LogP contribution is -2.22. The van der Waals surface area contributed by atoms with E-state index in [1.54, 1.807) is 18.2 Å². The quantitative estimate of drug-likeness (QED) is 0.766. The Bertz CT molecular complexity index is 594. The molecule has 0 spiro atoms. The van der Waals surface area contributed by atoms with E-state index >= 15 is 0 Å². The summed E-state index contributed by atoms with van der Waals surface area (Å²) in [5, 5.41) is 4.56. The van der Waals surface area contributed by atoms with Crippen LogP contribution in [0.4, 0.5) is 0 Å². The summed E-state index contributed by atoms with van der Waals surface area (Å²) in [6, 6.07) is 12.8. The van der Waals surface area contributed by atoms with E-state index in [9.17, 15) is 4.79 Å². The second-order valence-corrected chi connectivity index (χ2v) is 5.72. The SMILES string of the molecule is O=C(NCc1ccc(CBr)cc1)c1cc(Cl)cc(Cl)c1. The molecule has 2 aromatic carbocycles. The Kier molecular flexibility index (Phi) is 5.46. The van der Waals surface area contributed by atoms with Gasteiger partial charge in [0, 0.05) is 27.5 Å². The minimum absolute atomic E-state index is 0.195. The number of halogens is 3. The van der Waals surface area contributed by atoms with Crippen LogP contribution in [0.3, 0.4) is 0 Å². The van der Waals surface area contributed by atoms with Crippen LogP contribution >= 0.6 is 39.1 Å². The molecule has 0 bridgehead atoms. The first-order valence-corrected chi connectivity index (χ1v) is 7.84. The Morgan fingerprint density at radius 3 is 2.10 bits per heavy atom. The second-order valence-electron chi connectivity index (χ2n) is 4.29. The second kappa shape index (κ2) is 7.11. The van der Waals surface area contributed by atoms with E-state index in [1.807, 2.05) is 24.3 Å². The average molecular weight is 373 g/mol. The first-order chi connectivity index (χ1) is 9.58. The fraction of sp³-hybridized carbons (Fsp3) is 0.133. The van der Waals surface area contributed by atoms with E-state index < -0.39 is 0 Å². The molecule has 0 saturated carbocycles. The molecule has 0 saturated heterocycles. The van der Waals surface area contributed by atoms with Crippen molar-refractivity contribution >= 4 is 45.0 Å². The maximum atomic E-state index is 12.0. The minimum atomic E-state index is -0.195. The summed E-state index contributed by atoms with van der Waals surface area (Å²) in [5.41, 5.74) is 2.69. The molecular weight excluding hydrogens is 361 g/mol. The molecule has 5 heteroatoms. The van der Waals surface area contributed by atoms with Crippen LogP contribution in [0.5, 0.6) is 0 Å². The lowest BCUT2D eigenvalue weighted by Gasteiger charge is -2.07. The van der Waals surface area contributed by atoms with Gasteiger partial charge in [-0.05, 0) is 29.3 Å². The summed E-state index contributed by atoms with van der Waals surface area (Å²) in [5.74, 6) is -0.195. The van der Waals surface area contributed by atoms with Gasteiger partial charge in [0.05, 0.1) is 0 Å². The highest BCUT2D eigenvalue weighted by Gasteiger charge is 2.07. The zero-order valence-electron chi connectivity index (χ0n) is 10.5. The van der Waals surface area contributed by atoms with Gasteiger partial charge < -0.3 is 5.32 Å². The zero-order chi connectivity index (χ0) is 14.5. The normalized spacial score (nSPS) is 10.3. The predicted molar refractivity (Wildman–Crippen MR) is 86.7 cm³/mol. The van der Waals surface area contributed by atoms with Crippen molar-refractivity contribution in [1.82, 2.24) is 5.32 Å². The molecule has 0 aliphatic rings. The van der Waals surface area contributed by atoms with Gasteiger partial charge in [-0.25, -0.2) is 0 Å². The van der Waals surface area contributed by atoms with Gasteiger partial charge in [-0.2, -0.15) is 0 Å². The molecular formula is C15H12BrCl2NO. The van der Waals surface area contributed by atoms with Crippen molar-refractivity contribution < 1.29 is 4.79 Å². The van der Waals surface area contributed by atoms with E-state index in [0.29, 0.717) is 22.2 Å². The highest BCUT2D eigenvalue weighted by atomic mass is 79.9. The van der Waals surface area contributed by atoms with E-state index in [-0.39, 0.29) is 5.91 Å². The van der Waals surface area contributed by atoms with Crippen LogP contribution in [0, 0.1) is 0 Å². The molecule has 0 heterocycles. The van der Waals surface area contributed by atoms with Crippen molar-refractivity contribution in [3.63, 3.8) is 0 Å². The van der Waals surface area contributed by atoms with E-state index in [1.165, 1.54) is 5.56 Å². The van der Waals surface area contributed by atoms with Crippen molar-refractivity contribution in [1.29, 1.82) is 0 Å². The molecule has 1 N–H and O–H groups in total. The Balaban J connectivity index is 2.00.